The van der Waals surface area contributed by atoms with Crippen LogP contribution in [0, 0.1) is 10.8 Å². The van der Waals surface area contributed by atoms with Crippen LogP contribution in [0.2, 0.25) is 0 Å². The average Bonchev–Trinajstić information content (AvgIpc) is 1.69. The first-order valence-electron chi connectivity index (χ1n) is 4.92. The van der Waals surface area contributed by atoms with Crippen LogP contribution < -0.4 is 5.32 Å². The maximum Gasteiger partial charge on any atom is 0.0207 e. The fourth-order valence-corrected chi connectivity index (χ4v) is 2.39. The van der Waals surface area contributed by atoms with Gasteiger partial charge in [-0.2, -0.15) is 0 Å². The summed E-state index contributed by atoms with van der Waals surface area (Å²) < 4.78 is 0. The van der Waals surface area contributed by atoms with Gasteiger partial charge >= 0.3 is 0 Å². The van der Waals surface area contributed by atoms with Crippen LogP contribution in [-0.4, -0.2) is 37.6 Å². The zero-order valence-electron chi connectivity index (χ0n) is 8.48. The van der Waals surface area contributed by atoms with Crippen LogP contribution in [0.4, 0.5) is 0 Å². The van der Waals surface area contributed by atoms with Gasteiger partial charge in [0.25, 0.3) is 0 Å². The number of likely N-dealkylation sites (tertiary alicyclic amines) is 1. The standard InChI is InChI=1S/C10H20N2/c1-9(2,3)6-12-7-10(8-12)4-11-5-10/h11H,4-8H2,1-3H3. The van der Waals surface area contributed by atoms with Gasteiger partial charge in [-0.3, -0.25) is 0 Å². The highest BCUT2D eigenvalue weighted by atomic mass is 15.3. The van der Waals surface area contributed by atoms with Crippen LogP contribution in [0.25, 0.3) is 0 Å². The van der Waals surface area contributed by atoms with Gasteiger partial charge in [-0.25, -0.2) is 0 Å². The molecule has 2 saturated heterocycles. The Labute approximate surface area is 75.3 Å². The van der Waals surface area contributed by atoms with Crippen molar-refractivity contribution in [2.24, 2.45) is 10.8 Å². The van der Waals surface area contributed by atoms with E-state index < -0.39 is 0 Å². The summed E-state index contributed by atoms with van der Waals surface area (Å²) in [5.74, 6) is 0. The molecule has 0 saturated carbocycles. The second-order valence-corrected chi connectivity index (χ2v) is 5.81. The Balaban J connectivity index is 1.74. The molecular formula is C10H20N2. The lowest BCUT2D eigenvalue weighted by Gasteiger charge is -2.57. The Kier molecular flexibility index (Phi) is 1.74. The molecule has 0 aliphatic carbocycles. The van der Waals surface area contributed by atoms with E-state index in [-0.39, 0.29) is 0 Å². The van der Waals surface area contributed by atoms with E-state index in [0.717, 1.165) is 0 Å². The van der Waals surface area contributed by atoms with Gasteiger partial charge in [0.05, 0.1) is 0 Å². The molecule has 0 aromatic carbocycles. The number of hydrogen-bond donors (Lipinski definition) is 1. The predicted molar refractivity (Wildman–Crippen MR) is 51.2 cm³/mol. The quantitative estimate of drug-likeness (QED) is 0.627. The van der Waals surface area contributed by atoms with Crippen LogP contribution in [0.5, 0.6) is 0 Å². The first kappa shape index (κ1) is 8.52. The third kappa shape index (κ3) is 1.50. The molecule has 2 aliphatic rings. The Hall–Kier alpha value is -0.0800. The molecule has 2 fully saturated rings. The van der Waals surface area contributed by atoms with E-state index in [9.17, 15) is 0 Å². The lowest BCUT2D eigenvalue weighted by Crippen LogP contribution is -2.71. The Morgan fingerprint density at radius 1 is 1.25 bits per heavy atom. The first-order valence-corrected chi connectivity index (χ1v) is 4.92. The highest BCUT2D eigenvalue weighted by Gasteiger charge is 2.47. The summed E-state index contributed by atoms with van der Waals surface area (Å²) >= 11 is 0. The minimum absolute atomic E-state index is 0.471. The van der Waals surface area contributed by atoms with Crippen molar-refractivity contribution in [2.45, 2.75) is 20.8 Å². The van der Waals surface area contributed by atoms with Gasteiger partial charge in [-0.1, -0.05) is 20.8 Å². The highest BCUT2D eigenvalue weighted by Crippen LogP contribution is 2.35. The molecule has 0 aromatic rings. The predicted octanol–water partition coefficient (Wildman–Crippen LogP) is 0.938. The zero-order valence-corrected chi connectivity index (χ0v) is 8.48. The summed E-state index contributed by atoms with van der Waals surface area (Å²) in [4.78, 5) is 2.58. The highest BCUT2D eigenvalue weighted by molar-refractivity contribution is 5.04. The topological polar surface area (TPSA) is 15.3 Å². The maximum atomic E-state index is 3.36. The zero-order chi connectivity index (χ0) is 8.82. The van der Waals surface area contributed by atoms with Crippen molar-refractivity contribution in [3.8, 4) is 0 Å². The molecule has 1 N–H and O–H groups in total. The summed E-state index contributed by atoms with van der Waals surface area (Å²) in [6.07, 6.45) is 0. The van der Waals surface area contributed by atoms with E-state index in [4.69, 9.17) is 0 Å². The minimum Gasteiger partial charge on any atom is -0.315 e. The van der Waals surface area contributed by atoms with E-state index in [1.165, 1.54) is 32.7 Å². The van der Waals surface area contributed by atoms with Crippen LogP contribution in [0.1, 0.15) is 20.8 Å². The van der Waals surface area contributed by atoms with Crippen molar-refractivity contribution in [3.63, 3.8) is 0 Å². The number of rotatable bonds is 1. The van der Waals surface area contributed by atoms with Crippen molar-refractivity contribution in [2.75, 3.05) is 32.7 Å². The van der Waals surface area contributed by atoms with E-state index in [1.54, 1.807) is 0 Å². The molecule has 2 aliphatic heterocycles. The Bertz CT molecular complexity index is 169. The van der Waals surface area contributed by atoms with Crippen molar-refractivity contribution in [1.82, 2.24) is 10.2 Å². The van der Waals surface area contributed by atoms with Crippen LogP contribution in [-0.2, 0) is 0 Å². The van der Waals surface area contributed by atoms with Crippen molar-refractivity contribution >= 4 is 0 Å². The monoisotopic (exact) mass is 168 g/mol. The molecular weight excluding hydrogens is 148 g/mol. The smallest absolute Gasteiger partial charge is 0.0207 e. The minimum atomic E-state index is 0.471. The van der Waals surface area contributed by atoms with E-state index in [1.807, 2.05) is 0 Å². The second-order valence-electron chi connectivity index (χ2n) is 5.81. The van der Waals surface area contributed by atoms with E-state index in [0.29, 0.717) is 10.8 Å². The average molecular weight is 168 g/mol. The van der Waals surface area contributed by atoms with Crippen molar-refractivity contribution in [1.29, 1.82) is 0 Å². The molecule has 2 heterocycles. The largest absolute Gasteiger partial charge is 0.315 e. The van der Waals surface area contributed by atoms with Gasteiger partial charge in [0.15, 0.2) is 0 Å². The molecule has 0 atom stereocenters. The Morgan fingerprint density at radius 2 is 1.83 bits per heavy atom. The third-order valence-electron chi connectivity index (χ3n) is 2.82. The number of nitrogens with one attached hydrogen (secondary N) is 1. The number of nitrogens with zero attached hydrogens (tertiary/aromatic N) is 1. The molecule has 1 spiro atoms. The van der Waals surface area contributed by atoms with Gasteiger partial charge in [-0.05, 0) is 5.41 Å². The SMILES string of the molecule is CC(C)(C)CN1CC2(CNC2)C1. The summed E-state index contributed by atoms with van der Waals surface area (Å²) in [6.45, 7) is 13.4. The van der Waals surface area contributed by atoms with Gasteiger partial charge in [-0.15, -0.1) is 0 Å². The molecule has 2 heteroatoms. The van der Waals surface area contributed by atoms with Gasteiger partial charge in [0.2, 0.25) is 0 Å². The summed E-state index contributed by atoms with van der Waals surface area (Å²) in [5.41, 5.74) is 1.17. The maximum absolute atomic E-state index is 3.36. The third-order valence-corrected chi connectivity index (χ3v) is 2.82. The normalized spacial score (nSPS) is 28.2. The fraction of sp³-hybridized carbons (Fsp3) is 1.00. The molecule has 2 nitrogen and oxygen atoms in total. The van der Waals surface area contributed by atoms with Crippen molar-refractivity contribution in [3.05, 3.63) is 0 Å². The molecule has 0 unspecified atom stereocenters. The molecule has 0 radical (unpaired) electrons. The molecule has 2 rings (SSSR count). The molecule has 0 bridgehead atoms. The van der Waals surface area contributed by atoms with E-state index >= 15 is 0 Å². The van der Waals surface area contributed by atoms with Gasteiger partial charge in [0, 0.05) is 38.1 Å². The summed E-state index contributed by atoms with van der Waals surface area (Å²) in [6, 6.07) is 0. The Morgan fingerprint density at radius 3 is 2.17 bits per heavy atom. The fourth-order valence-electron chi connectivity index (χ4n) is 2.39. The first-order chi connectivity index (χ1) is 5.49. The van der Waals surface area contributed by atoms with E-state index in [2.05, 4.69) is 31.0 Å². The summed E-state index contributed by atoms with van der Waals surface area (Å²) in [5, 5.41) is 3.36. The van der Waals surface area contributed by atoms with Crippen molar-refractivity contribution < 1.29 is 0 Å². The lowest BCUT2D eigenvalue weighted by atomic mass is 9.73. The van der Waals surface area contributed by atoms with Gasteiger partial charge < -0.3 is 10.2 Å². The molecule has 12 heavy (non-hydrogen) atoms. The molecule has 70 valence electrons. The van der Waals surface area contributed by atoms with Crippen LogP contribution >= 0.6 is 0 Å². The lowest BCUT2D eigenvalue weighted by molar-refractivity contribution is -0.0541. The number of hydrogen-bond acceptors (Lipinski definition) is 2. The van der Waals surface area contributed by atoms with Crippen LogP contribution in [0.15, 0.2) is 0 Å². The molecule has 0 amide bonds. The molecule has 0 aromatic heterocycles. The van der Waals surface area contributed by atoms with Crippen LogP contribution in [0.3, 0.4) is 0 Å². The second kappa shape index (κ2) is 2.46. The summed E-state index contributed by atoms with van der Waals surface area (Å²) in [7, 11) is 0. The van der Waals surface area contributed by atoms with Gasteiger partial charge in [0.1, 0.15) is 0 Å².